The first-order valence-electron chi connectivity index (χ1n) is 18.6. The van der Waals surface area contributed by atoms with Gasteiger partial charge in [0.05, 0.1) is 0 Å². The smallest absolute Gasteiger partial charge is 0.410 e. The molecule has 54 heavy (non-hydrogen) atoms. The highest BCUT2D eigenvalue weighted by molar-refractivity contribution is 6.01. The molecule has 12 heteroatoms. The molecule has 3 aromatic rings. The minimum atomic E-state index is -0.966. The van der Waals surface area contributed by atoms with Crippen LogP contribution in [0.5, 0.6) is 0 Å². The number of carbonyl (C=O) groups excluding carboxylic acids is 5. The molecular weight excluding hydrogens is 688 g/mol. The zero-order valence-corrected chi connectivity index (χ0v) is 31.3. The van der Waals surface area contributed by atoms with E-state index in [0.717, 1.165) is 12.0 Å². The lowest BCUT2D eigenvalue weighted by Crippen LogP contribution is -2.46. The number of hydrogen-bond donors (Lipinski definition) is 4. The fourth-order valence-electron chi connectivity index (χ4n) is 6.13. The topological polar surface area (TPSA) is 171 Å². The number of unbranched alkanes of at least 4 members (excludes halogenated alkanes) is 1. The van der Waals surface area contributed by atoms with Crippen molar-refractivity contribution in [1.29, 1.82) is 0 Å². The third-order valence-electron chi connectivity index (χ3n) is 9.01. The van der Waals surface area contributed by atoms with Gasteiger partial charge < -0.3 is 30.7 Å². The van der Waals surface area contributed by atoms with Crippen LogP contribution in [0.4, 0.5) is 4.79 Å². The molecule has 1 fully saturated rings. The summed E-state index contributed by atoms with van der Waals surface area (Å²) in [6.07, 6.45) is 2.22. The van der Waals surface area contributed by atoms with Gasteiger partial charge in [0, 0.05) is 62.0 Å². The average molecular weight is 741 g/mol. The van der Waals surface area contributed by atoms with Gasteiger partial charge in [-0.3, -0.25) is 24.0 Å². The number of Topliss-reactive ketones (excluding diaryl/α,β-unsaturated/α-hetero) is 1. The van der Waals surface area contributed by atoms with Crippen molar-refractivity contribution in [2.24, 2.45) is 0 Å². The Morgan fingerprint density at radius 3 is 2.13 bits per heavy atom. The van der Waals surface area contributed by atoms with E-state index in [1.165, 1.54) is 11.6 Å². The number of carbonyl (C=O) groups is 6. The summed E-state index contributed by atoms with van der Waals surface area (Å²) < 4.78 is 5.76. The van der Waals surface area contributed by atoms with E-state index in [-0.39, 0.29) is 79.6 Å². The van der Waals surface area contributed by atoms with Gasteiger partial charge in [0.25, 0.3) is 11.8 Å². The predicted molar refractivity (Wildman–Crippen MR) is 204 cm³/mol. The number of ketones is 1. The molecule has 0 heterocycles. The Labute approximate surface area is 317 Å². The zero-order valence-electron chi connectivity index (χ0n) is 31.3. The van der Waals surface area contributed by atoms with E-state index in [1.54, 1.807) is 23.1 Å². The second-order valence-corrected chi connectivity index (χ2v) is 14.6. The van der Waals surface area contributed by atoms with Crippen LogP contribution in [0.25, 0.3) is 0 Å². The van der Waals surface area contributed by atoms with Crippen LogP contribution in [-0.2, 0) is 25.7 Å². The standard InChI is InChI=1S/C42H52N4O8/c1-42(2,3)54-41(53)46(36-27-34(36)30-16-8-5-9-17-30)25-11-10-21-35(40(52)44-28-29-14-6-4-7-15-29)45-39(51)32-19-12-18-31(26-32)38(50)43-24-23-33(47)20-13-22-37(48)49/h4-9,12,14-19,26,34-36H,10-11,13,20-25,27-28H2,1-3H3,(H,43,50)(H,44,52)(H,45,51)(H,48,49)/t34?,35-,36?/m0/s1. The van der Waals surface area contributed by atoms with Crippen molar-refractivity contribution >= 4 is 35.6 Å². The van der Waals surface area contributed by atoms with Crippen molar-refractivity contribution in [2.75, 3.05) is 13.1 Å². The quantitative estimate of drug-likeness (QED) is 0.102. The Morgan fingerprint density at radius 2 is 1.46 bits per heavy atom. The molecule has 12 nitrogen and oxygen atoms in total. The molecule has 4 rings (SSSR count). The molecule has 1 saturated carbocycles. The third kappa shape index (κ3) is 13.8. The summed E-state index contributed by atoms with van der Waals surface area (Å²) in [6, 6.07) is 24.7. The van der Waals surface area contributed by atoms with Gasteiger partial charge in [0.15, 0.2) is 0 Å². The fourth-order valence-corrected chi connectivity index (χ4v) is 6.13. The lowest BCUT2D eigenvalue weighted by Gasteiger charge is -2.28. The maximum atomic E-state index is 13.5. The summed E-state index contributed by atoms with van der Waals surface area (Å²) >= 11 is 0. The van der Waals surface area contributed by atoms with Crippen LogP contribution in [-0.4, -0.2) is 76.3 Å². The molecule has 4 N–H and O–H groups in total. The van der Waals surface area contributed by atoms with Crippen LogP contribution in [0.3, 0.4) is 0 Å². The summed E-state index contributed by atoms with van der Waals surface area (Å²) in [5.74, 6) is -2.25. The Bertz CT molecular complexity index is 1740. The van der Waals surface area contributed by atoms with Crippen LogP contribution in [0.1, 0.15) is 110 Å². The number of rotatable bonds is 20. The lowest BCUT2D eigenvalue weighted by molar-refractivity contribution is -0.137. The molecule has 1 aliphatic carbocycles. The summed E-state index contributed by atoms with van der Waals surface area (Å²) in [5, 5.41) is 17.2. The predicted octanol–water partition coefficient (Wildman–Crippen LogP) is 6.01. The number of carboxylic acid groups (broad SMARTS) is 1. The maximum Gasteiger partial charge on any atom is 0.410 e. The molecule has 0 radical (unpaired) electrons. The number of amides is 4. The van der Waals surface area contributed by atoms with Gasteiger partial charge in [0.1, 0.15) is 17.4 Å². The Hall–Kier alpha value is -5.52. The molecule has 0 spiro atoms. The molecule has 0 bridgehead atoms. The van der Waals surface area contributed by atoms with Crippen LogP contribution in [0, 0.1) is 0 Å². The highest BCUT2D eigenvalue weighted by atomic mass is 16.6. The third-order valence-corrected chi connectivity index (χ3v) is 9.01. The van der Waals surface area contributed by atoms with Crippen molar-refractivity contribution in [3.63, 3.8) is 0 Å². The highest BCUT2D eigenvalue weighted by Crippen LogP contribution is 2.45. The van der Waals surface area contributed by atoms with Crippen molar-refractivity contribution in [3.05, 3.63) is 107 Å². The van der Waals surface area contributed by atoms with E-state index >= 15 is 0 Å². The average Bonchev–Trinajstić information content (AvgIpc) is 3.93. The van der Waals surface area contributed by atoms with Gasteiger partial charge in [0.2, 0.25) is 5.91 Å². The number of aliphatic carboxylic acids is 1. The van der Waals surface area contributed by atoms with E-state index in [4.69, 9.17) is 9.84 Å². The second kappa shape index (κ2) is 20.1. The van der Waals surface area contributed by atoms with Gasteiger partial charge in [-0.2, -0.15) is 0 Å². The summed E-state index contributed by atoms with van der Waals surface area (Å²) in [5.41, 5.74) is 1.82. The molecule has 0 saturated heterocycles. The van der Waals surface area contributed by atoms with E-state index in [9.17, 15) is 28.8 Å². The van der Waals surface area contributed by atoms with E-state index in [2.05, 4.69) is 28.1 Å². The minimum absolute atomic E-state index is 0.0145. The SMILES string of the molecule is CC(C)(C)OC(=O)N(CCCC[C@H](NC(=O)c1cccc(C(=O)NCCC(=O)CCCC(=O)O)c1)C(=O)NCc1ccccc1)C1CC1c1ccccc1. The molecule has 1 aliphatic rings. The van der Waals surface area contributed by atoms with Crippen molar-refractivity contribution in [3.8, 4) is 0 Å². The normalized spacial score (nSPS) is 15.3. The first kappa shape index (κ1) is 41.2. The van der Waals surface area contributed by atoms with Gasteiger partial charge in [-0.05, 0) is 82.2 Å². The van der Waals surface area contributed by atoms with E-state index in [1.807, 2.05) is 69.3 Å². The first-order chi connectivity index (χ1) is 25.8. The molecule has 3 aromatic carbocycles. The fraction of sp³-hybridized carbons (Fsp3) is 0.429. The summed E-state index contributed by atoms with van der Waals surface area (Å²) in [4.78, 5) is 77.7. The molecule has 0 aromatic heterocycles. The molecule has 3 atom stereocenters. The number of nitrogens with zero attached hydrogens (tertiary/aromatic N) is 1. The molecular formula is C42H52N4O8. The van der Waals surface area contributed by atoms with Crippen molar-refractivity contribution in [2.45, 2.75) is 102 Å². The van der Waals surface area contributed by atoms with Crippen molar-refractivity contribution < 1.29 is 38.6 Å². The number of ether oxygens (including phenoxy) is 1. The maximum absolute atomic E-state index is 13.5. The largest absolute Gasteiger partial charge is 0.481 e. The van der Waals surface area contributed by atoms with Crippen molar-refractivity contribution in [1.82, 2.24) is 20.9 Å². The van der Waals surface area contributed by atoms with Gasteiger partial charge >= 0.3 is 12.1 Å². The van der Waals surface area contributed by atoms with Crippen LogP contribution >= 0.6 is 0 Å². The van der Waals surface area contributed by atoms with Gasteiger partial charge in [-0.25, -0.2) is 4.79 Å². The number of nitrogens with one attached hydrogen (secondary N) is 3. The molecule has 4 amide bonds. The lowest BCUT2D eigenvalue weighted by atomic mass is 10.1. The molecule has 0 aliphatic heterocycles. The summed E-state index contributed by atoms with van der Waals surface area (Å²) in [7, 11) is 0. The molecule has 288 valence electrons. The monoisotopic (exact) mass is 740 g/mol. The number of carboxylic acids is 1. The Kier molecular flexibility index (Phi) is 15.3. The summed E-state index contributed by atoms with van der Waals surface area (Å²) in [6.45, 7) is 6.30. The molecule has 2 unspecified atom stereocenters. The number of benzene rings is 3. The van der Waals surface area contributed by atoms with E-state index in [0.29, 0.717) is 25.8 Å². The van der Waals surface area contributed by atoms with Crippen LogP contribution < -0.4 is 16.0 Å². The van der Waals surface area contributed by atoms with E-state index < -0.39 is 29.4 Å². The zero-order chi connectivity index (χ0) is 39.1. The van der Waals surface area contributed by atoms with Gasteiger partial charge in [-0.15, -0.1) is 0 Å². The number of hydrogen-bond acceptors (Lipinski definition) is 7. The van der Waals surface area contributed by atoms with Crippen LogP contribution in [0.15, 0.2) is 84.9 Å². The minimum Gasteiger partial charge on any atom is -0.481 e. The van der Waals surface area contributed by atoms with Crippen LogP contribution in [0.2, 0.25) is 0 Å². The first-order valence-corrected chi connectivity index (χ1v) is 18.6. The Balaban J connectivity index is 1.37. The Morgan fingerprint density at radius 1 is 0.796 bits per heavy atom. The second-order valence-electron chi connectivity index (χ2n) is 14.6. The highest BCUT2D eigenvalue weighted by Gasteiger charge is 2.45. The van der Waals surface area contributed by atoms with Gasteiger partial charge in [-0.1, -0.05) is 66.7 Å².